The van der Waals surface area contributed by atoms with Gasteiger partial charge in [-0.1, -0.05) is 72.1 Å². The predicted octanol–water partition coefficient (Wildman–Crippen LogP) is 7.21. The molecule has 0 aliphatic heterocycles. The number of ether oxygens (including phenoxy) is 1. The maximum Gasteiger partial charge on any atom is 0.0715 e. The summed E-state index contributed by atoms with van der Waals surface area (Å²) in [6.45, 7) is 28.2. The number of hydrogen-bond donors (Lipinski definition) is 0. The SMILES string of the molecule is C=C(/C=C(/COC)C(=C)CC)C(=C)/C(C)=C\C(=C)C(C)CCC(C)C. The molecular formula is C24H38O. The molecule has 25 heavy (non-hydrogen) atoms. The monoisotopic (exact) mass is 342 g/mol. The molecule has 0 aliphatic rings. The summed E-state index contributed by atoms with van der Waals surface area (Å²) in [5, 5.41) is 0. The van der Waals surface area contributed by atoms with Gasteiger partial charge in [-0.3, -0.25) is 0 Å². The Kier molecular flexibility index (Phi) is 11.1. The summed E-state index contributed by atoms with van der Waals surface area (Å²) >= 11 is 0. The minimum Gasteiger partial charge on any atom is -0.380 e. The molecule has 0 aromatic heterocycles. The molecule has 1 atom stereocenters. The van der Waals surface area contributed by atoms with E-state index in [0.29, 0.717) is 12.5 Å². The van der Waals surface area contributed by atoms with Gasteiger partial charge < -0.3 is 4.74 Å². The Labute approximate surface area is 156 Å². The van der Waals surface area contributed by atoms with Crippen LogP contribution in [0.1, 0.15) is 53.9 Å². The van der Waals surface area contributed by atoms with Crippen LogP contribution in [-0.4, -0.2) is 13.7 Å². The van der Waals surface area contributed by atoms with E-state index >= 15 is 0 Å². The average molecular weight is 343 g/mol. The van der Waals surface area contributed by atoms with Gasteiger partial charge in [-0.15, -0.1) is 0 Å². The second kappa shape index (κ2) is 11.9. The third-order valence-electron chi connectivity index (χ3n) is 4.60. The summed E-state index contributed by atoms with van der Waals surface area (Å²) in [4.78, 5) is 0. The van der Waals surface area contributed by atoms with Gasteiger partial charge in [0.05, 0.1) is 6.61 Å². The molecule has 0 aromatic carbocycles. The standard InChI is InChI=1S/C24H38O/c1-11-18(4)24(16-25-10)15-22(8)23(9)21(7)14-20(6)19(5)13-12-17(2)3/h14-15,17,19H,4,6,8-9,11-13,16H2,1-3,5,7,10H3/b21-14-,24-15-. The summed E-state index contributed by atoms with van der Waals surface area (Å²) in [5.41, 5.74) is 6.26. The van der Waals surface area contributed by atoms with Crippen LogP contribution < -0.4 is 0 Å². The zero-order chi connectivity index (χ0) is 19.6. The highest BCUT2D eigenvalue weighted by Gasteiger charge is 2.09. The molecule has 0 N–H and O–H groups in total. The van der Waals surface area contributed by atoms with Crippen molar-refractivity contribution in [3.63, 3.8) is 0 Å². The molecule has 1 nitrogen and oxygen atoms in total. The Balaban J connectivity index is 5.09. The summed E-state index contributed by atoms with van der Waals surface area (Å²) in [5.74, 6) is 1.21. The maximum atomic E-state index is 5.28. The van der Waals surface area contributed by atoms with Gasteiger partial charge in [0, 0.05) is 7.11 Å². The van der Waals surface area contributed by atoms with E-state index in [0.717, 1.165) is 45.8 Å². The van der Waals surface area contributed by atoms with Crippen molar-refractivity contribution in [2.75, 3.05) is 13.7 Å². The van der Waals surface area contributed by atoms with E-state index in [1.807, 2.05) is 6.08 Å². The molecular weight excluding hydrogens is 304 g/mol. The van der Waals surface area contributed by atoms with Crippen molar-refractivity contribution < 1.29 is 4.74 Å². The molecule has 0 aliphatic carbocycles. The lowest BCUT2D eigenvalue weighted by atomic mass is 9.90. The molecule has 0 amide bonds. The predicted molar refractivity (Wildman–Crippen MR) is 114 cm³/mol. The van der Waals surface area contributed by atoms with Gasteiger partial charge in [0.15, 0.2) is 0 Å². The normalized spacial score (nSPS) is 13.7. The summed E-state index contributed by atoms with van der Waals surface area (Å²) in [6.07, 6.45) is 7.48. The van der Waals surface area contributed by atoms with Gasteiger partial charge in [0.1, 0.15) is 0 Å². The van der Waals surface area contributed by atoms with Crippen LogP contribution in [0.25, 0.3) is 0 Å². The topological polar surface area (TPSA) is 9.23 Å². The highest BCUT2D eigenvalue weighted by atomic mass is 16.5. The van der Waals surface area contributed by atoms with E-state index < -0.39 is 0 Å². The average Bonchev–Trinajstić information content (AvgIpc) is 2.57. The molecule has 140 valence electrons. The maximum absolute atomic E-state index is 5.28. The Bertz CT molecular complexity index is 555. The lowest BCUT2D eigenvalue weighted by Gasteiger charge is -2.16. The number of methoxy groups -OCH3 is 1. The summed E-state index contributed by atoms with van der Waals surface area (Å²) in [7, 11) is 1.70. The van der Waals surface area contributed by atoms with Crippen LogP contribution >= 0.6 is 0 Å². The van der Waals surface area contributed by atoms with Crippen molar-refractivity contribution in [1.29, 1.82) is 0 Å². The molecule has 0 bridgehead atoms. The highest BCUT2D eigenvalue weighted by molar-refractivity contribution is 5.52. The minimum atomic E-state index is 0.484. The summed E-state index contributed by atoms with van der Waals surface area (Å²) in [6, 6.07) is 0. The first-order valence-electron chi connectivity index (χ1n) is 9.27. The van der Waals surface area contributed by atoms with E-state index in [9.17, 15) is 0 Å². The molecule has 0 saturated carbocycles. The van der Waals surface area contributed by atoms with Gasteiger partial charge in [0.25, 0.3) is 0 Å². The van der Waals surface area contributed by atoms with Crippen LogP contribution in [0.15, 0.2) is 71.9 Å². The van der Waals surface area contributed by atoms with Crippen molar-refractivity contribution in [3.05, 3.63) is 71.9 Å². The zero-order valence-corrected chi connectivity index (χ0v) is 17.4. The van der Waals surface area contributed by atoms with Crippen molar-refractivity contribution >= 4 is 0 Å². The first-order valence-corrected chi connectivity index (χ1v) is 9.27. The molecule has 0 radical (unpaired) electrons. The van der Waals surface area contributed by atoms with Crippen LogP contribution in [0.2, 0.25) is 0 Å². The molecule has 0 fully saturated rings. The van der Waals surface area contributed by atoms with E-state index in [1.165, 1.54) is 12.8 Å². The van der Waals surface area contributed by atoms with Crippen molar-refractivity contribution in [1.82, 2.24) is 0 Å². The quantitative estimate of drug-likeness (QED) is 0.340. The highest BCUT2D eigenvalue weighted by Crippen LogP contribution is 2.25. The molecule has 0 saturated heterocycles. The van der Waals surface area contributed by atoms with E-state index in [4.69, 9.17) is 4.74 Å². The van der Waals surface area contributed by atoms with Gasteiger partial charge in [0.2, 0.25) is 0 Å². The van der Waals surface area contributed by atoms with E-state index in [-0.39, 0.29) is 0 Å². The third-order valence-corrected chi connectivity index (χ3v) is 4.60. The van der Waals surface area contributed by atoms with E-state index in [2.05, 4.69) is 67.0 Å². The first kappa shape index (κ1) is 23.4. The second-order valence-corrected chi connectivity index (χ2v) is 7.34. The fourth-order valence-electron chi connectivity index (χ4n) is 2.46. The van der Waals surface area contributed by atoms with Crippen molar-refractivity contribution in [2.45, 2.75) is 53.9 Å². The van der Waals surface area contributed by atoms with Gasteiger partial charge >= 0.3 is 0 Å². The van der Waals surface area contributed by atoms with Crippen LogP contribution in [0.5, 0.6) is 0 Å². The molecule has 0 heterocycles. The fraction of sp³-hybridized carbons (Fsp3) is 0.500. The Morgan fingerprint density at radius 1 is 1.00 bits per heavy atom. The lowest BCUT2D eigenvalue weighted by molar-refractivity contribution is 0.227. The fourth-order valence-corrected chi connectivity index (χ4v) is 2.46. The minimum absolute atomic E-state index is 0.484. The van der Waals surface area contributed by atoms with Crippen LogP contribution in [0.3, 0.4) is 0 Å². The Hall–Kier alpha value is -1.60. The molecule has 0 rings (SSSR count). The molecule has 0 spiro atoms. The summed E-state index contributed by atoms with van der Waals surface area (Å²) < 4.78 is 5.28. The third kappa shape index (κ3) is 8.88. The largest absolute Gasteiger partial charge is 0.380 e. The van der Waals surface area contributed by atoms with Gasteiger partial charge in [-0.2, -0.15) is 0 Å². The van der Waals surface area contributed by atoms with Crippen LogP contribution in [0.4, 0.5) is 0 Å². The first-order chi connectivity index (χ1) is 11.6. The number of allylic oxidation sites excluding steroid dienone is 6. The van der Waals surface area contributed by atoms with Crippen LogP contribution in [-0.2, 0) is 4.74 Å². The van der Waals surface area contributed by atoms with Crippen molar-refractivity contribution in [3.8, 4) is 0 Å². The second-order valence-electron chi connectivity index (χ2n) is 7.34. The van der Waals surface area contributed by atoms with Crippen LogP contribution in [0, 0.1) is 11.8 Å². The zero-order valence-electron chi connectivity index (χ0n) is 17.4. The Morgan fingerprint density at radius 2 is 1.60 bits per heavy atom. The van der Waals surface area contributed by atoms with Gasteiger partial charge in [-0.05, 0) is 65.5 Å². The smallest absolute Gasteiger partial charge is 0.0715 e. The lowest BCUT2D eigenvalue weighted by Crippen LogP contribution is -2.01. The van der Waals surface area contributed by atoms with Crippen molar-refractivity contribution in [2.24, 2.45) is 11.8 Å². The molecule has 1 unspecified atom stereocenters. The molecule has 0 aromatic rings. The molecule has 1 heteroatoms. The Morgan fingerprint density at radius 3 is 2.08 bits per heavy atom. The number of rotatable bonds is 12. The van der Waals surface area contributed by atoms with Gasteiger partial charge in [-0.25, -0.2) is 0 Å². The number of hydrogen-bond acceptors (Lipinski definition) is 1. The van der Waals surface area contributed by atoms with E-state index in [1.54, 1.807) is 7.11 Å².